The van der Waals surface area contributed by atoms with Gasteiger partial charge in [-0.2, -0.15) is 0 Å². The molecule has 0 bridgehead atoms. The third-order valence-electron chi connectivity index (χ3n) is 6.48. The van der Waals surface area contributed by atoms with Gasteiger partial charge in [-0.25, -0.2) is 4.98 Å². The smallest absolute Gasteiger partial charge is 0.266 e. The highest BCUT2D eigenvalue weighted by atomic mass is 16.2. The molecule has 0 radical (unpaired) electrons. The Morgan fingerprint density at radius 3 is 2.35 bits per heavy atom. The van der Waals surface area contributed by atoms with E-state index < -0.39 is 0 Å². The predicted octanol–water partition coefficient (Wildman–Crippen LogP) is 6.46. The molecule has 3 aromatic rings. The van der Waals surface area contributed by atoms with Crippen molar-refractivity contribution < 1.29 is 4.79 Å². The fraction of sp³-hybridized carbons (Fsp3) is 0.483. The minimum Gasteiger partial charge on any atom is -0.332 e. The van der Waals surface area contributed by atoms with Crippen molar-refractivity contribution in [2.75, 3.05) is 6.54 Å². The number of amides is 1. The molecule has 5 heteroatoms. The predicted molar refractivity (Wildman–Crippen MR) is 140 cm³/mol. The van der Waals surface area contributed by atoms with Crippen LogP contribution in [0.4, 0.5) is 0 Å². The molecule has 2 aromatic carbocycles. The van der Waals surface area contributed by atoms with E-state index in [-0.39, 0.29) is 17.5 Å². The van der Waals surface area contributed by atoms with Gasteiger partial charge in [0, 0.05) is 13.0 Å². The summed E-state index contributed by atoms with van der Waals surface area (Å²) in [6, 6.07) is 15.3. The monoisotopic (exact) mass is 461 g/mol. The maximum Gasteiger partial charge on any atom is 0.266 e. The Kier molecular flexibility index (Phi) is 9.03. The first-order valence-electron chi connectivity index (χ1n) is 12.8. The van der Waals surface area contributed by atoms with E-state index >= 15 is 0 Å². The van der Waals surface area contributed by atoms with E-state index in [1.165, 1.54) is 5.56 Å². The number of fused-ring (bicyclic) bond motifs is 1. The topological polar surface area (TPSA) is 55.2 Å². The van der Waals surface area contributed by atoms with E-state index in [0.717, 1.165) is 31.4 Å². The molecular weight excluding hydrogens is 422 g/mol. The molecule has 0 N–H and O–H groups in total. The van der Waals surface area contributed by atoms with Crippen LogP contribution in [0.1, 0.15) is 84.2 Å². The van der Waals surface area contributed by atoms with Gasteiger partial charge >= 0.3 is 0 Å². The molecular formula is C29H39N3O2. The molecule has 1 atom stereocenters. The molecule has 5 nitrogen and oxygen atoms in total. The van der Waals surface area contributed by atoms with Crippen LogP contribution in [0.2, 0.25) is 0 Å². The molecule has 34 heavy (non-hydrogen) atoms. The normalized spacial score (nSPS) is 12.3. The zero-order chi connectivity index (χ0) is 24.7. The zero-order valence-corrected chi connectivity index (χ0v) is 21.4. The van der Waals surface area contributed by atoms with Gasteiger partial charge in [-0.05, 0) is 61.4 Å². The maximum absolute atomic E-state index is 13.8. The highest BCUT2D eigenvalue weighted by molar-refractivity contribution is 5.79. The largest absolute Gasteiger partial charge is 0.332 e. The quantitative estimate of drug-likeness (QED) is 0.329. The van der Waals surface area contributed by atoms with E-state index in [2.05, 4.69) is 46.8 Å². The lowest BCUT2D eigenvalue weighted by atomic mass is 10.1. The number of carbonyl (C=O) groups excluding carboxylic acids is 1. The van der Waals surface area contributed by atoms with Crippen molar-refractivity contribution in [3.8, 4) is 5.69 Å². The molecule has 182 valence electrons. The molecule has 0 spiro atoms. The summed E-state index contributed by atoms with van der Waals surface area (Å²) in [5.74, 6) is 1.26. The second-order valence-corrected chi connectivity index (χ2v) is 9.44. The van der Waals surface area contributed by atoms with Crippen LogP contribution in [0.5, 0.6) is 0 Å². The Morgan fingerprint density at radius 1 is 1.03 bits per heavy atom. The second-order valence-electron chi connectivity index (χ2n) is 9.44. The van der Waals surface area contributed by atoms with Crippen molar-refractivity contribution in [2.24, 2.45) is 5.92 Å². The van der Waals surface area contributed by atoms with Crippen molar-refractivity contribution in [2.45, 2.75) is 79.2 Å². The maximum atomic E-state index is 13.8. The third-order valence-corrected chi connectivity index (χ3v) is 6.48. The summed E-state index contributed by atoms with van der Waals surface area (Å²) >= 11 is 0. The van der Waals surface area contributed by atoms with Crippen LogP contribution in [0, 0.1) is 5.92 Å². The number of aryl methyl sites for hydroxylation is 1. The van der Waals surface area contributed by atoms with E-state index in [1.54, 1.807) is 4.57 Å². The van der Waals surface area contributed by atoms with Crippen LogP contribution in [0.3, 0.4) is 0 Å². The van der Waals surface area contributed by atoms with Gasteiger partial charge in [-0.15, -0.1) is 0 Å². The number of hydrogen-bond acceptors (Lipinski definition) is 3. The Balaban J connectivity index is 2.21. The number of aromatic nitrogens is 2. The average molecular weight is 462 g/mol. The van der Waals surface area contributed by atoms with Crippen LogP contribution in [-0.2, 0) is 11.2 Å². The van der Waals surface area contributed by atoms with Crippen LogP contribution in [0.15, 0.2) is 53.3 Å². The van der Waals surface area contributed by atoms with Crippen molar-refractivity contribution >= 4 is 16.8 Å². The number of hydrogen-bond donors (Lipinski definition) is 0. The number of carbonyl (C=O) groups is 1. The number of unbranched alkanes of at least 4 members (excludes halogenated alkanes) is 1. The Hall–Kier alpha value is -2.95. The SMILES string of the molecule is CCCCC(=O)N(CCC(C)C)C(CC)c1nc2ccccc2c(=O)n1-c1ccc(CC)cc1. The number of rotatable bonds is 11. The van der Waals surface area contributed by atoms with Crippen molar-refractivity contribution in [3.05, 3.63) is 70.3 Å². The minimum atomic E-state index is -0.272. The summed E-state index contributed by atoms with van der Waals surface area (Å²) in [5.41, 5.74) is 2.59. The molecule has 0 saturated heterocycles. The molecule has 1 aromatic heterocycles. The highest BCUT2D eigenvalue weighted by Gasteiger charge is 2.28. The molecule has 3 rings (SSSR count). The van der Waals surface area contributed by atoms with Gasteiger partial charge in [0.15, 0.2) is 0 Å². The van der Waals surface area contributed by atoms with Gasteiger partial charge in [-0.1, -0.05) is 65.3 Å². The fourth-order valence-electron chi connectivity index (χ4n) is 4.37. The second kappa shape index (κ2) is 12.0. The van der Waals surface area contributed by atoms with E-state index in [9.17, 15) is 9.59 Å². The lowest BCUT2D eigenvalue weighted by Crippen LogP contribution is -2.39. The lowest BCUT2D eigenvalue weighted by Gasteiger charge is -2.33. The highest BCUT2D eigenvalue weighted by Crippen LogP contribution is 2.28. The van der Waals surface area contributed by atoms with Gasteiger partial charge in [0.25, 0.3) is 5.56 Å². The molecule has 0 aliphatic rings. The van der Waals surface area contributed by atoms with Gasteiger partial charge in [0.05, 0.1) is 22.6 Å². The van der Waals surface area contributed by atoms with Gasteiger partial charge in [0.2, 0.25) is 5.91 Å². The first-order chi connectivity index (χ1) is 16.4. The molecule has 1 amide bonds. The molecule has 0 aliphatic carbocycles. The van der Waals surface area contributed by atoms with E-state index in [1.807, 2.05) is 41.3 Å². The molecule has 0 saturated carbocycles. The summed E-state index contributed by atoms with van der Waals surface area (Å²) in [4.78, 5) is 34.1. The first-order valence-corrected chi connectivity index (χ1v) is 12.8. The summed E-state index contributed by atoms with van der Waals surface area (Å²) in [6.45, 7) is 11.3. The van der Waals surface area contributed by atoms with Crippen LogP contribution < -0.4 is 5.56 Å². The summed E-state index contributed by atoms with van der Waals surface area (Å²) in [7, 11) is 0. The van der Waals surface area contributed by atoms with Crippen molar-refractivity contribution in [1.82, 2.24) is 14.5 Å². The van der Waals surface area contributed by atoms with Crippen LogP contribution in [-0.4, -0.2) is 26.9 Å². The Labute approximate surface area is 203 Å². The first kappa shape index (κ1) is 25.7. The third kappa shape index (κ3) is 5.75. The van der Waals surface area contributed by atoms with Gasteiger partial charge < -0.3 is 4.90 Å². The van der Waals surface area contributed by atoms with Crippen molar-refractivity contribution in [1.29, 1.82) is 0 Å². The number of nitrogens with zero attached hydrogens (tertiary/aromatic N) is 3. The summed E-state index contributed by atoms with van der Waals surface area (Å²) in [5, 5.41) is 0.590. The molecule has 0 fully saturated rings. The fourth-order valence-corrected chi connectivity index (χ4v) is 4.37. The molecule has 1 heterocycles. The molecule has 1 unspecified atom stereocenters. The zero-order valence-electron chi connectivity index (χ0n) is 21.4. The van der Waals surface area contributed by atoms with Crippen LogP contribution >= 0.6 is 0 Å². The number of benzene rings is 2. The van der Waals surface area contributed by atoms with Crippen LogP contribution in [0.25, 0.3) is 16.6 Å². The average Bonchev–Trinajstić information content (AvgIpc) is 2.85. The summed E-state index contributed by atoms with van der Waals surface area (Å²) < 4.78 is 1.73. The lowest BCUT2D eigenvalue weighted by molar-refractivity contribution is -0.134. The molecule has 0 aliphatic heterocycles. The standard InChI is InChI=1S/C29H39N3O2/c1-6-9-14-27(33)31(20-19-21(4)5)26(8-3)28-30-25-13-11-10-12-24(25)29(34)32(28)23-17-15-22(7-2)16-18-23/h10-13,15-18,21,26H,6-9,14,19-20H2,1-5H3. The van der Waals surface area contributed by atoms with E-state index in [0.29, 0.717) is 42.0 Å². The Bertz CT molecular complexity index is 1150. The number of para-hydroxylation sites is 1. The Morgan fingerprint density at radius 2 is 1.74 bits per heavy atom. The minimum absolute atomic E-state index is 0.0897. The van der Waals surface area contributed by atoms with E-state index in [4.69, 9.17) is 4.98 Å². The van der Waals surface area contributed by atoms with Crippen molar-refractivity contribution in [3.63, 3.8) is 0 Å². The van der Waals surface area contributed by atoms with Gasteiger partial charge in [-0.3, -0.25) is 14.2 Å². The van der Waals surface area contributed by atoms with Gasteiger partial charge in [0.1, 0.15) is 5.82 Å². The summed E-state index contributed by atoms with van der Waals surface area (Å²) in [6.07, 6.45) is 4.90.